The predicted octanol–water partition coefficient (Wildman–Crippen LogP) is 7.03. The SMILES string of the molecule is CCCCCCCCCCCCCCCCCCCCCCCCN1CCNCCNCC(CO)NCC1. The minimum absolute atomic E-state index is 0.172. The van der Waals surface area contributed by atoms with E-state index in [4.69, 9.17) is 0 Å². The zero-order valence-electron chi connectivity index (χ0n) is 25.9. The monoisotopic (exact) mass is 539 g/mol. The van der Waals surface area contributed by atoms with Crippen molar-refractivity contribution in [1.82, 2.24) is 20.9 Å². The average molecular weight is 539 g/mol. The van der Waals surface area contributed by atoms with Gasteiger partial charge in [-0.15, -0.1) is 0 Å². The van der Waals surface area contributed by atoms with Gasteiger partial charge in [-0.1, -0.05) is 142 Å². The van der Waals surface area contributed by atoms with Gasteiger partial charge in [-0.2, -0.15) is 0 Å². The van der Waals surface area contributed by atoms with Crippen molar-refractivity contribution in [2.24, 2.45) is 0 Å². The molecule has 0 amide bonds. The Morgan fingerprint density at radius 2 is 0.947 bits per heavy atom. The van der Waals surface area contributed by atoms with Crippen molar-refractivity contribution in [1.29, 1.82) is 0 Å². The molecule has 38 heavy (non-hydrogen) atoms. The topological polar surface area (TPSA) is 59.6 Å². The molecule has 5 heteroatoms. The van der Waals surface area contributed by atoms with Crippen LogP contribution in [0.25, 0.3) is 0 Å². The summed E-state index contributed by atoms with van der Waals surface area (Å²) in [7, 11) is 0. The minimum Gasteiger partial charge on any atom is -0.395 e. The van der Waals surface area contributed by atoms with Crippen LogP contribution in [0.5, 0.6) is 0 Å². The molecule has 1 atom stereocenters. The number of hydrogen-bond acceptors (Lipinski definition) is 5. The van der Waals surface area contributed by atoms with Gasteiger partial charge in [0.05, 0.1) is 6.61 Å². The normalized spacial score (nSPS) is 18.3. The maximum Gasteiger partial charge on any atom is 0.0597 e. The molecular formula is C33H70N4O. The second kappa shape index (κ2) is 29.8. The van der Waals surface area contributed by atoms with E-state index >= 15 is 0 Å². The maximum atomic E-state index is 9.52. The Morgan fingerprint density at radius 1 is 0.526 bits per heavy atom. The summed E-state index contributed by atoms with van der Waals surface area (Å²) in [5.41, 5.74) is 0. The highest BCUT2D eigenvalue weighted by Crippen LogP contribution is 2.15. The fourth-order valence-corrected chi connectivity index (χ4v) is 5.72. The van der Waals surface area contributed by atoms with Gasteiger partial charge in [-0.25, -0.2) is 0 Å². The van der Waals surface area contributed by atoms with Crippen LogP contribution in [0.15, 0.2) is 0 Å². The zero-order chi connectivity index (χ0) is 27.2. The molecule has 0 aliphatic carbocycles. The molecule has 1 rings (SSSR count). The first-order chi connectivity index (χ1) is 18.9. The first kappa shape index (κ1) is 35.8. The fraction of sp³-hybridized carbons (Fsp3) is 1.00. The Balaban J connectivity index is 1.81. The predicted molar refractivity (Wildman–Crippen MR) is 168 cm³/mol. The quantitative estimate of drug-likeness (QED) is 0.0994. The fourth-order valence-electron chi connectivity index (χ4n) is 5.72. The van der Waals surface area contributed by atoms with Gasteiger partial charge < -0.3 is 26.0 Å². The molecule has 1 saturated heterocycles. The molecule has 0 spiro atoms. The van der Waals surface area contributed by atoms with Gasteiger partial charge in [-0.3, -0.25) is 0 Å². The molecule has 0 aromatic carbocycles. The van der Waals surface area contributed by atoms with Gasteiger partial charge >= 0.3 is 0 Å². The van der Waals surface area contributed by atoms with Crippen LogP contribution in [-0.2, 0) is 0 Å². The third-order valence-electron chi connectivity index (χ3n) is 8.38. The van der Waals surface area contributed by atoms with Crippen LogP contribution in [0.2, 0.25) is 0 Å². The van der Waals surface area contributed by atoms with Crippen LogP contribution in [0.3, 0.4) is 0 Å². The van der Waals surface area contributed by atoms with Crippen molar-refractivity contribution in [3.63, 3.8) is 0 Å². The summed E-state index contributed by atoms with van der Waals surface area (Å²) in [6.07, 6.45) is 31.8. The van der Waals surface area contributed by atoms with E-state index in [2.05, 4.69) is 27.8 Å². The number of rotatable bonds is 24. The van der Waals surface area contributed by atoms with E-state index in [1.807, 2.05) is 0 Å². The van der Waals surface area contributed by atoms with Gasteiger partial charge in [0.2, 0.25) is 0 Å². The molecule has 1 fully saturated rings. The molecular weight excluding hydrogens is 468 g/mol. The number of aliphatic hydroxyl groups is 1. The Morgan fingerprint density at radius 3 is 1.42 bits per heavy atom. The van der Waals surface area contributed by atoms with Gasteiger partial charge in [-0.05, 0) is 13.0 Å². The molecule has 4 N–H and O–H groups in total. The van der Waals surface area contributed by atoms with Crippen LogP contribution >= 0.6 is 0 Å². The lowest BCUT2D eigenvalue weighted by molar-refractivity contribution is 0.220. The Hall–Kier alpha value is -0.200. The molecule has 1 aliphatic heterocycles. The Labute approximate surface area is 239 Å². The summed E-state index contributed by atoms with van der Waals surface area (Å²) in [4.78, 5) is 2.60. The van der Waals surface area contributed by atoms with Crippen molar-refractivity contribution >= 4 is 0 Å². The molecule has 0 aromatic heterocycles. The van der Waals surface area contributed by atoms with Crippen LogP contribution < -0.4 is 16.0 Å². The maximum absolute atomic E-state index is 9.52. The third-order valence-corrected chi connectivity index (χ3v) is 8.38. The second-order valence-corrected chi connectivity index (χ2v) is 12.1. The van der Waals surface area contributed by atoms with Crippen LogP contribution in [0.1, 0.15) is 148 Å². The smallest absolute Gasteiger partial charge is 0.0597 e. The van der Waals surface area contributed by atoms with E-state index in [-0.39, 0.29) is 12.6 Å². The highest BCUT2D eigenvalue weighted by atomic mass is 16.3. The van der Waals surface area contributed by atoms with Crippen molar-refractivity contribution in [3.05, 3.63) is 0 Å². The minimum atomic E-state index is 0.172. The average Bonchev–Trinajstić information content (AvgIpc) is 2.92. The van der Waals surface area contributed by atoms with E-state index in [1.54, 1.807) is 0 Å². The van der Waals surface area contributed by atoms with E-state index in [1.165, 1.54) is 148 Å². The van der Waals surface area contributed by atoms with Gasteiger partial charge in [0.15, 0.2) is 0 Å². The summed E-state index contributed by atoms with van der Waals surface area (Å²) < 4.78 is 0. The molecule has 0 bridgehead atoms. The largest absolute Gasteiger partial charge is 0.395 e. The molecule has 0 radical (unpaired) electrons. The van der Waals surface area contributed by atoms with E-state index in [0.29, 0.717) is 0 Å². The molecule has 0 aromatic rings. The van der Waals surface area contributed by atoms with E-state index in [9.17, 15) is 5.11 Å². The number of unbranched alkanes of at least 4 members (excludes halogenated alkanes) is 21. The lowest BCUT2D eigenvalue weighted by atomic mass is 10.0. The Kier molecular flexibility index (Phi) is 28.1. The molecule has 0 saturated carbocycles. The summed E-state index contributed by atoms with van der Waals surface area (Å²) in [5, 5.41) is 20.0. The van der Waals surface area contributed by atoms with Gasteiger partial charge in [0, 0.05) is 51.9 Å². The molecule has 228 valence electrons. The van der Waals surface area contributed by atoms with Gasteiger partial charge in [0.1, 0.15) is 0 Å². The highest BCUT2D eigenvalue weighted by Gasteiger charge is 2.09. The van der Waals surface area contributed by atoms with Crippen LogP contribution in [0.4, 0.5) is 0 Å². The highest BCUT2D eigenvalue weighted by molar-refractivity contribution is 4.72. The summed E-state index contributed by atoms with van der Waals surface area (Å²) in [6.45, 7) is 10.8. The summed E-state index contributed by atoms with van der Waals surface area (Å²) in [5.74, 6) is 0. The van der Waals surface area contributed by atoms with E-state index < -0.39 is 0 Å². The van der Waals surface area contributed by atoms with Crippen molar-refractivity contribution < 1.29 is 5.11 Å². The summed E-state index contributed by atoms with van der Waals surface area (Å²) >= 11 is 0. The number of nitrogens with zero attached hydrogens (tertiary/aromatic N) is 1. The van der Waals surface area contributed by atoms with Crippen molar-refractivity contribution in [3.8, 4) is 0 Å². The second-order valence-electron chi connectivity index (χ2n) is 12.1. The molecule has 5 nitrogen and oxygen atoms in total. The standard InChI is InChI=1S/C33H70N4O/c1-2-3-4-5-6-7-8-9-10-11-12-13-14-15-16-17-18-19-20-21-22-23-28-37-29-26-34-24-25-35-31-33(32-38)36-27-30-37/h33-36,38H,2-32H2,1H3. The first-order valence-electron chi connectivity index (χ1n) is 17.3. The third kappa shape index (κ3) is 24.8. The zero-order valence-corrected chi connectivity index (χ0v) is 25.9. The molecule has 1 unspecified atom stereocenters. The number of nitrogens with one attached hydrogen (secondary N) is 3. The first-order valence-corrected chi connectivity index (χ1v) is 17.3. The van der Waals surface area contributed by atoms with Crippen molar-refractivity contribution in [2.75, 3.05) is 59.0 Å². The van der Waals surface area contributed by atoms with Crippen LogP contribution in [-0.4, -0.2) is 75.0 Å². The Bertz CT molecular complexity index is 451. The van der Waals surface area contributed by atoms with Gasteiger partial charge in [0.25, 0.3) is 0 Å². The number of hydrogen-bond donors (Lipinski definition) is 4. The molecule has 1 heterocycles. The number of aliphatic hydroxyl groups excluding tert-OH is 1. The lowest BCUT2D eigenvalue weighted by Crippen LogP contribution is -2.47. The van der Waals surface area contributed by atoms with Crippen molar-refractivity contribution in [2.45, 2.75) is 154 Å². The van der Waals surface area contributed by atoms with Crippen LogP contribution in [0, 0.1) is 0 Å². The molecule has 1 aliphatic rings. The van der Waals surface area contributed by atoms with E-state index in [0.717, 1.165) is 45.8 Å². The lowest BCUT2D eigenvalue weighted by Gasteiger charge is -2.25. The summed E-state index contributed by atoms with van der Waals surface area (Å²) in [6, 6.07) is 0.172.